The van der Waals surface area contributed by atoms with Crippen LogP contribution in [-0.2, 0) is 0 Å². The highest BCUT2D eigenvalue weighted by atomic mass is 32.2. The molecule has 0 atom stereocenters. The normalized spacial score (nSPS) is 10.4. The molecular formula is C17H18OS. The van der Waals surface area contributed by atoms with E-state index < -0.39 is 0 Å². The Morgan fingerprint density at radius 2 is 1.58 bits per heavy atom. The molecule has 2 rings (SSSR count). The van der Waals surface area contributed by atoms with Crippen molar-refractivity contribution in [2.24, 2.45) is 0 Å². The second-order valence-corrected chi connectivity index (χ2v) is 5.52. The quantitative estimate of drug-likeness (QED) is 0.560. The van der Waals surface area contributed by atoms with Gasteiger partial charge in [-0.15, -0.1) is 0 Å². The van der Waals surface area contributed by atoms with E-state index in [0.29, 0.717) is 5.75 Å². The maximum Gasteiger partial charge on any atom is 0.172 e. The van der Waals surface area contributed by atoms with Gasteiger partial charge in [-0.05, 0) is 23.3 Å². The van der Waals surface area contributed by atoms with Crippen molar-refractivity contribution in [2.45, 2.75) is 13.3 Å². The number of carbonyl (C=O) groups is 1. The van der Waals surface area contributed by atoms with Crippen LogP contribution in [-0.4, -0.2) is 17.3 Å². The summed E-state index contributed by atoms with van der Waals surface area (Å²) in [5, 5.41) is 0. The van der Waals surface area contributed by atoms with E-state index in [2.05, 4.69) is 19.1 Å². The second kappa shape index (κ2) is 7.15. The van der Waals surface area contributed by atoms with Crippen molar-refractivity contribution in [3.8, 4) is 11.1 Å². The summed E-state index contributed by atoms with van der Waals surface area (Å²) in [5.74, 6) is 1.85. The fourth-order valence-corrected chi connectivity index (χ4v) is 2.66. The minimum atomic E-state index is 0.220. The van der Waals surface area contributed by atoms with Crippen LogP contribution in [0.2, 0.25) is 0 Å². The first-order chi connectivity index (χ1) is 9.31. The zero-order chi connectivity index (χ0) is 13.5. The first-order valence-electron chi connectivity index (χ1n) is 6.57. The topological polar surface area (TPSA) is 17.1 Å². The summed E-state index contributed by atoms with van der Waals surface area (Å²) in [6.45, 7) is 2.13. The average molecular weight is 270 g/mol. The number of thioether (sulfide) groups is 1. The van der Waals surface area contributed by atoms with Crippen LogP contribution in [0.5, 0.6) is 0 Å². The number of hydrogen-bond acceptors (Lipinski definition) is 2. The smallest absolute Gasteiger partial charge is 0.172 e. The lowest BCUT2D eigenvalue weighted by Crippen LogP contribution is -2.02. The Morgan fingerprint density at radius 3 is 2.21 bits per heavy atom. The third kappa shape index (κ3) is 3.97. The predicted octanol–water partition coefficient (Wildman–Crippen LogP) is 4.68. The van der Waals surface area contributed by atoms with Gasteiger partial charge in [0.15, 0.2) is 5.78 Å². The Labute approximate surface area is 119 Å². The van der Waals surface area contributed by atoms with Crippen LogP contribution < -0.4 is 0 Å². The molecule has 2 aromatic rings. The summed E-state index contributed by atoms with van der Waals surface area (Å²) in [4.78, 5) is 11.9. The first kappa shape index (κ1) is 13.9. The SMILES string of the molecule is CCCSCC(=O)c1ccc(-c2ccccc2)cc1. The molecule has 2 aromatic carbocycles. The maximum atomic E-state index is 11.9. The fourth-order valence-electron chi connectivity index (χ4n) is 1.87. The van der Waals surface area contributed by atoms with Gasteiger partial charge >= 0.3 is 0 Å². The first-order valence-corrected chi connectivity index (χ1v) is 7.73. The minimum absolute atomic E-state index is 0.220. The molecule has 0 fully saturated rings. The van der Waals surface area contributed by atoms with Gasteiger partial charge in [0.2, 0.25) is 0 Å². The summed E-state index contributed by atoms with van der Waals surface area (Å²) < 4.78 is 0. The summed E-state index contributed by atoms with van der Waals surface area (Å²) in [5.41, 5.74) is 3.14. The highest BCUT2D eigenvalue weighted by molar-refractivity contribution is 7.99. The van der Waals surface area contributed by atoms with Gasteiger partial charge in [-0.3, -0.25) is 4.79 Å². The summed E-state index contributed by atoms with van der Waals surface area (Å²) in [6, 6.07) is 18.1. The van der Waals surface area contributed by atoms with E-state index in [4.69, 9.17) is 0 Å². The Morgan fingerprint density at radius 1 is 0.947 bits per heavy atom. The third-order valence-electron chi connectivity index (χ3n) is 2.90. The van der Waals surface area contributed by atoms with Crippen molar-refractivity contribution in [2.75, 3.05) is 11.5 Å². The molecule has 19 heavy (non-hydrogen) atoms. The number of carbonyl (C=O) groups excluding carboxylic acids is 1. The van der Waals surface area contributed by atoms with Gasteiger partial charge in [0.05, 0.1) is 5.75 Å². The van der Waals surface area contributed by atoms with Gasteiger partial charge in [0.25, 0.3) is 0 Å². The second-order valence-electron chi connectivity index (χ2n) is 4.42. The molecular weight excluding hydrogens is 252 g/mol. The standard InChI is InChI=1S/C17H18OS/c1-2-12-19-13-17(18)16-10-8-15(9-11-16)14-6-4-3-5-7-14/h3-11H,2,12-13H2,1H3. The van der Waals surface area contributed by atoms with Crippen LogP contribution in [0.4, 0.5) is 0 Å². The van der Waals surface area contributed by atoms with Crippen molar-refractivity contribution < 1.29 is 4.79 Å². The van der Waals surface area contributed by atoms with Gasteiger partial charge in [-0.25, -0.2) is 0 Å². The Balaban J connectivity index is 2.04. The van der Waals surface area contributed by atoms with E-state index >= 15 is 0 Å². The maximum absolute atomic E-state index is 11.9. The predicted molar refractivity (Wildman–Crippen MR) is 83.8 cm³/mol. The number of rotatable bonds is 6. The lowest BCUT2D eigenvalue weighted by Gasteiger charge is -2.04. The van der Waals surface area contributed by atoms with Crippen LogP contribution in [0.15, 0.2) is 54.6 Å². The molecule has 0 unspecified atom stereocenters. The van der Waals surface area contributed by atoms with E-state index in [0.717, 1.165) is 23.3 Å². The molecule has 98 valence electrons. The molecule has 0 spiro atoms. The van der Waals surface area contributed by atoms with Crippen LogP contribution in [0.3, 0.4) is 0 Å². The highest BCUT2D eigenvalue weighted by Crippen LogP contribution is 2.19. The number of Topliss-reactive ketones (excluding diaryl/α,β-unsaturated/α-hetero) is 1. The van der Waals surface area contributed by atoms with Crippen LogP contribution >= 0.6 is 11.8 Å². The summed E-state index contributed by atoms with van der Waals surface area (Å²) in [7, 11) is 0. The zero-order valence-corrected chi connectivity index (χ0v) is 12.0. The molecule has 0 N–H and O–H groups in total. The largest absolute Gasteiger partial charge is 0.293 e. The molecule has 0 bridgehead atoms. The molecule has 0 saturated carbocycles. The van der Waals surface area contributed by atoms with E-state index in [-0.39, 0.29) is 5.78 Å². The molecule has 1 nitrogen and oxygen atoms in total. The molecule has 0 heterocycles. The number of benzene rings is 2. The van der Waals surface area contributed by atoms with E-state index in [9.17, 15) is 4.79 Å². The molecule has 0 saturated heterocycles. The van der Waals surface area contributed by atoms with E-state index in [1.807, 2.05) is 42.5 Å². The molecule has 0 radical (unpaired) electrons. The van der Waals surface area contributed by atoms with Crippen molar-refractivity contribution >= 4 is 17.5 Å². The zero-order valence-electron chi connectivity index (χ0n) is 11.1. The highest BCUT2D eigenvalue weighted by Gasteiger charge is 2.05. The van der Waals surface area contributed by atoms with E-state index in [1.165, 1.54) is 5.56 Å². The van der Waals surface area contributed by atoms with Crippen LogP contribution in [0.25, 0.3) is 11.1 Å². The van der Waals surface area contributed by atoms with Crippen molar-refractivity contribution in [3.63, 3.8) is 0 Å². The average Bonchev–Trinajstić information content (AvgIpc) is 2.48. The van der Waals surface area contributed by atoms with Gasteiger partial charge in [-0.1, -0.05) is 61.5 Å². The lowest BCUT2D eigenvalue weighted by molar-refractivity contribution is 0.102. The van der Waals surface area contributed by atoms with Crippen LogP contribution in [0, 0.1) is 0 Å². The lowest BCUT2D eigenvalue weighted by atomic mass is 10.0. The van der Waals surface area contributed by atoms with Gasteiger partial charge < -0.3 is 0 Å². The van der Waals surface area contributed by atoms with Crippen molar-refractivity contribution in [1.82, 2.24) is 0 Å². The fraction of sp³-hybridized carbons (Fsp3) is 0.235. The van der Waals surface area contributed by atoms with E-state index in [1.54, 1.807) is 11.8 Å². The van der Waals surface area contributed by atoms with Gasteiger partial charge in [0, 0.05) is 5.56 Å². The molecule has 0 aliphatic rings. The monoisotopic (exact) mass is 270 g/mol. The van der Waals surface area contributed by atoms with Crippen molar-refractivity contribution in [3.05, 3.63) is 60.2 Å². The molecule has 0 aromatic heterocycles. The van der Waals surface area contributed by atoms with Gasteiger partial charge in [-0.2, -0.15) is 11.8 Å². The molecule has 0 amide bonds. The Bertz CT molecular complexity index is 517. The molecule has 0 aliphatic heterocycles. The summed E-state index contributed by atoms with van der Waals surface area (Å²) in [6.07, 6.45) is 1.12. The Kier molecular flexibility index (Phi) is 5.22. The summed E-state index contributed by atoms with van der Waals surface area (Å²) >= 11 is 1.71. The van der Waals surface area contributed by atoms with Crippen molar-refractivity contribution in [1.29, 1.82) is 0 Å². The molecule has 2 heteroatoms. The number of hydrogen-bond donors (Lipinski definition) is 0. The minimum Gasteiger partial charge on any atom is -0.293 e. The van der Waals surface area contributed by atoms with Gasteiger partial charge in [0.1, 0.15) is 0 Å². The third-order valence-corrected chi connectivity index (χ3v) is 4.06. The van der Waals surface area contributed by atoms with Crippen LogP contribution in [0.1, 0.15) is 23.7 Å². The Hall–Kier alpha value is -1.54. The number of ketones is 1. The molecule has 0 aliphatic carbocycles.